The smallest absolute Gasteiger partial charge is 0.168 e. The van der Waals surface area contributed by atoms with Gasteiger partial charge in [-0.15, -0.1) is 0 Å². The number of hydrogen-bond acceptors (Lipinski definition) is 7. The SMILES string of the molecule is O=C1CC(COc2ccccc2)CC(=O)C1=CNCCN1CCN(CCO)CC1. The summed E-state index contributed by atoms with van der Waals surface area (Å²) in [6.07, 6.45) is 2.29. The second kappa shape index (κ2) is 11.1. The normalized spacial score (nSPS) is 21.3. The van der Waals surface area contributed by atoms with E-state index in [4.69, 9.17) is 9.84 Å². The van der Waals surface area contributed by atoms with Gasteiger partial charge in [-0.1, -0.05) is 18.2 Å². The van der Waals surface area contributed by atoms with Gasteiger partial charge in [-0.2, -0.15) is 0 Å². The number of aliphatic hydroxyl groups is 1. The summed E-state index contributed by atoms with van der Waals surface area (Å²) in [6.45, 7) is 6.76. The molecule has 0 bridgehead atoms. The second-order valence-electron chi connectivity index (χ2n) is 7.66. The predicted molar refractivity (Wildman–Crippen MR) is 111 cm³/mol. The molecule has 2 aliphatic rings. The zero-order valence-electron chi connectivity index (χ0n) is 16.9. The van der Waals surface area contributed by atoms with Gasteiger partial charge in [-0.3, -0.25) is 19.4 Å². The maximum atomic E-state index is 12.4. The number of nitrogens with zero attached hydrogens (tertiary/aromatic N) is 2. The van der Waals surface area contributed by atoms with Crippen LogP contribution >= 0.6 is 0 Å². The van der Waals surface area contributed by atoms with Crippen molar-refractivity contribution in [1.82, 2.24) is 15.1 Å². The number of carbonyl (C=O) groups excluding carboxylic acids is 2. The van der Waals surface area contributed by atoms with Gasteiger partial charge in [-0.25, -0.2) is 0 Å². The molecule has 1 aliphatic heterocycles. The van der Waals surface area contributed by atoms with Gasteiger partial charge in [0.1, 0.15) is 5.75 Å². The highest BCUT2D eigenvalue weighted by molar-refractivity contribution is 6.21. The third-order valence-electron chi connectivity index (χ3n) is 5.48. The van der Waals surface area contributed by atoms with Crippen molar-refractivity contribution < 1.29 is 19.4 Å². The molecule has 1 saturated heterocycles. The third kappa shape index (κ3) is 6.66. The topological polar surface area (TPSA) is 82.1 Å². The van der Waals surface area contributed by atoms with E-state index in [1.54, 1.807) is 6.20 Å². The fourth-order valence-electron chi connectivity index (χ4n) is 3.76. The Morgan fingerprint density at radius 2 is 1.62 bits per heavy atom. The number of carbonyl (C=O) groups is 2. The number of hydrogen-bond donors (Lipinski definition) is 2. The quantitative estimate of drug-likeness (QED) is 0.358. The molecule has 2 N–H and O–H groups in total. The van der Waals surface area contributed by atoms with Crippen LogP contribution in [0.15, 0.2) is 42.1 Å². The number of ketones is 2. The summed E-state index contributed by atoms with van der Waals surface area (Å²) in [4.78, 5) is 29.4. The van der Waals surface area contributed by atoms with E-state index in [9.17, 15) is 9.59 Å². The van der Waals surface area contributed by atoms with E-state index < -0.39 is 0 Å². The predicted octanol–water partition coefficient (Wildman–Crippen LogP) is 0.697. The number of aliphatic hydroxyl groups excluding tert-OH is 1. The Bertz CT molecular complexity index is 679. The lowest BCUT2D eigenvalue weighted by atomic mass is 9.84. The minimum atomic E-state index is -0.104. The summed E-state index contributed by atoms with van der Waals surface area (Å²) in [7, 11) is 0. The number of nitrogens with one attached hydrogen (secondary N) is 1. The number of allylic oxidation sites excluding steroid dienone is 1. The molecule has 1 aromatic carbocycles. The molecule has 1 aromatic rings. The highest BCUT2D eigenvalue weighted by Gasteiger charge is 2.30. The maximum absolute atomic E-state index is 12.4. The van der Waals surface area contributed by atoms with E-state index >= 15 is 0 Å². The van der Waals surface area contributed by atoms with E-state index in [2.05, 4.69) is 15.1 Å². The molecule has 7 nitrogen and oxygen atoms in total. The molecular weight excluding hydrogens is 370 g/mol. The molecule has 1 saturated carbocycles. The van der Waals surface area contributed by atoms with E-state index in [0.29, 0.717) is 26.0 Å². The summed E-state index contributed by atoms with van der Waals surface area (Å²) >= 11 is 0. The number of ether oxygens (including phenoxy) is 1. The van der Waals surface area contributed by atoms with Crippen molar-refractivity contribution in [2.24, 2.45) is 5.92 Å². The Morgan fingerprint density at radius 3 is 2.24 bits per heavy atom. The van der Waals surface area contributed by atoms with Gasteiger partial charge >= 0.3 is 0 Å². The lowest BCUT2D eigenvalue weighted by Gasteiger charge is -2.34. The van der Waals surface area contributed by atoms with Crippen LogP contribution < -0.4 is 10.1 Å². The van der Waals surface area contributed by atoms with E-state index in [1.807, 2.05) is 30.3 Å². The molecule has 3 rings (SSSR count). The van der Waals surface area contributed by atoms with Gasteiger partial charge in [0.25, 0.3) is 0 Å². The fourth-order valence-corrected chi connectivity index (χ4v) is 3.76. The zero-order valence-corrected chi connectivity index (χ0v) is 16.9. The fraction of sp³-hybridized carbons (Fsp3) is 0.545. The highest BCUT2D eigenvalue weighted by atomic mass is 16.5. The largest absolute Gasteiger partial charge is 0.493 e. The number of β-amino-alcohol motifs (C(OH)–C–C–N with tert-alkyl or cyclic N) is 1. The summed E-state index contributed by atoms with van der Waals surface area (Å²) in [5.74, 6) is 0.483. The molecule has 0 aromatic heterocycles. The van der Waals surface area contributed by atoms with E-state index in [0.717, 1.165) is 45.0 Å². The molecule has 158 valence electrons. The van der Waals surface area contributed by atoms with Gasteiger partial charge in [0.05, 0.1) is 18.8 Å². The Labute approximate surface area is 172 Å². The van der Waals surface area contributed by atoms with E-state index in [1.165, 1.54) is 0 Å². The van der Waals surface area contributed by atoms with Crippen LogP contribution in [0, 0.1) is 5.92 Å². The minimum absolute atomic E-state index is 0.0671. The van der Waals surface area contributed by atoms with Crippen LogP contribution in [0.2, 0.25) is 0 Å². The highest BCUT2D eigenvalue weighted by Crippen LogP contribution is 2.23. The van der Waals surface area contributed by atoms with Gasteiger partial charge in [-0.05, 0) is 12.1 Å². The van der Waals surface area contributed by atoms with Crippen molar-refractivity contribution >= 4 is 11.6 Å². The van der Waals surface area contributed by atoms with Crippen molar-refractivity contribution in [3.63, 3.8) is 0 Å². The third-order valence-corrected chi connectivity index (χ3v) is 5.48. The van der Waals surface area contributed by atoms with Crippen LogP contribution in [-0.2, 0) is 9.59 Å². The Hall–Kier alpha value is -2.22. The average Bonchev–Trinajstić information content (AvgIpc) is 2.73. The molecule has 0 amide bonds. The number of benzene rings is 1. The van der Waals surface area contributed by atoms with Crippen LogP contribution in [-0.4, -0.2) is 85.5 Å². The summed E-state index contributed by atoms with van der Waals surface area (Å²) < 4.78 is 5.70. The molecule has 0 radical (unpaired) electrons. The number of rotatable bonds is 9. The van der Waals surface area contributed by atoms with Crippen molar-refractivity contribution in [3.8, 4) is 5.75 Å². The van der Waals surface area contributed by atoms with E-state index in [-0.39, 0.29) is 29.7 Å². The molecule has 29 heavy (non-hydrogen) atoms. The van der Waals surface area contributed by atoms with Crippen LogP contribution in [0.5, 0.6) is 5.75 Å². The zero-order chi connectivity index (χ0) is 20.5. The van der Waals surface area contributed by atoms with Gasteiger partial charge in [0.15, 0.2) is 11.6 Å². The van der Waals surface area contributed by atoms with Crippen LogP contribution in [0.4, 0.5) is 0 Å². The van der Waals surface area contributed by atoms with Crippen LogP contribution in [0.3, 0.4) is 0 Å². The van der Waals surface area contributed by atoms with Gasteiger partial charge in [0, 0.05) is 70.8 Å². The van der Waals surface area contributed by atoms with Gasteiger partial charge < -0.3 is 15.2 Å². The number of piperazine rings is 1. The van der Waals surface area contributed by atoms with Crippen LogP contribution in [0.25, 0.3) is 0 Å². The maximum Gasteiger partial charge on any atom is 0.168 e. The number of para-hydroxylation sites is 1. The lowest BCUT2D eigenvalue weighted by Crippen LogP contribution is -2.48. The molecule has 0 unspecified atom stereocenters. The molecule has 0 atom stereocenters. The summed E-state index contributed by atoms with van der Waals surface area (Å²) in [6, 6.07) is 9.45. The first kappa shape index (κ1) is 21.5. The molecule has 7 heteroatoms. The first-order valence-corrected chi connectivity index (χ1v) is 10.4. The standard InChI is InChI=1S/C22H31N3O4/c26-13-12-25-10-8-24(9-11-25)7-6-23-16-20-21(27)14-18(15-22(20)28)17-29-19-4-2-1-3-5-19/h1-5,16,18,23,26H,6-15,17H2. The molecular formula is C22H31N3O4. The lowest BCUT2D eigenvalue weighted by molar-refractivity contribution is -0.125. The molecule has 1 heterocycles. The summed E-state index contributed by atoms with van der Waals surface area (Å²) in [5, 5.41) is 12.1. The molecule has 1 aliphatic carbocycles. The minimum Gasteiger partial charge on any atom is -0.493 e. The van der Waals surface area contributed by atoms with Crippen molar-refractivity contribution in [2.45, 2.75) is 12.8 Å². The second-order valence-corrected chi connectivity index (χ2v) is 7.66. The van der Waals surface area contributed by atoms with Gasteiger partial charge in [0.2, 0.25) is 0 Å². The van der Waals surface area contributed by atoms with Crippen molar-refractivity contribution in [3.05, 3.63) is 42.1 Å². The monoisotopic (exact) mass is 401 g/mol. The molecule has 2 fully saturated rings. The Balaban J connectivity index is 1.37. The van der Waals surface area contributed by atoms with Crippen molar-refractivity contribution in [1.29, 1.82) is 0 Å². The Kier molecular flexibility index (Phi) is 8.22. The number of Topliss-reactive ketones (excluding diaryl/α,β-unsaturated/α-hetero) is 2. The first-order valence-electron chi connectivity index (χ1n) is 10.4. The average molecular weight is 402 g/mol. The first-order chi connectivity index (χ1) is 14.2. The molecule has 0 spiro atoms. The van der Waals surface area contributed by atoms with Crippen molar-refractivity contribution in [2.75, 3.05) is 59.0 Å². The van der Waals surface area contributed by atoms with Crippen LogP contribution in [0.1, 0.15) is 12.8 Å². The summed E-state index contributed by atoms with van der Waals surface area (Å²) in [5.41, 5.74) is 0.286. The Morgan fingerprint density at radius 1 is 1.00 bits per heavy atom.